The molecule has 0 amide bonds. The van der Waals surface area contributed by atoms with Gasteiger partial charge in [-0.2, -0.15) is 0 Å². The Hall–Kier alpha value is -0.780. The second kappa shape index (κ2) is 2.93. The van der Waals surface area contributed by atoms with Gasteiger partial charge in [-0.1, -0.05) is 4.40 Å². The maximum atomic E-state index is 11.2. The molecule has 1 rings (SSSR count). The lowest BCUT2D eigenvalue weighted by Crippen LogP contribution is -2.37. The van der Waals surface area contributed by atoms with Crippen molar-refractivity contribution >= 4 is 16.1 Å². The molecule has 0 saturated heterocycles. The van der Waals surface area contributed by atoms with Gasteiger partial charge >= 0.3 is 6.08 Å². The van der Waals surface area contributed by atoms with Crippen molar-refractivity contribution in [2.24, 2.45) is 4.40 Å². The van der Waals surface area contributed by atoms with E-state index < -0.39 is 21.4 Å². The largest absolute Gasteiger partial charge is 0.453 e. The quantitative estimate of drug-likeness (QED) is 0.548. The fraction of sp³-hybridized carbons (Fsp3) is 0.833. The predicted molar refractivity (Wildman–Crippen MR) is 43.4 cm³/mol. The molecule has 0 saturated carbocycles. The topological polar surface area (TPSA) is 65.0 Å². The van der Waals surface area contributed by atoms with Crippen LogP contribution in [0.25, 0.3) is 0 Å². The van der Waals surface area contributed by atoms with Crippen LogP contribution < -0.4 is 0 Å². The van der Waals surface area contributed by atoms with Crippen LogP contribution in [0.1, 0.15) is 13.8 Å². The molecule has 1 aliphatic rings. The third-order valence-electron chi connectivity index (χ3n) is 1.79. The predicted octanol–water partition coefficient (Wildman–Crippen LogP) is 0.126. The number of ether oxygens (including phenoxy) is 2. The van der Waals surface area contributed by atoms with Gasteiger partial charge in [0, 0.05) is 0 Å². The minimum Gasteiger partial charge on any atom is -0.453 e. The highest BCUT2D eigenvalue weighted by molar-refractivity contribution is 7.91. The summed E-state index contributed by atoms with van der Waals surface area (Å²) in [6.45, 7) is 3.21. The molecule has 0 aromatic rings. The third kappa shape index (κ3) is 1.52. The zero-order chi connectivity index (χ0) is 9.35. The van der Waals surface area contributed by atoms with Crippen LogP contribution in [0.3, 0.4) is 0 Å². The molecule has 0 aromatic carbocycles. The first-order chi connectivity index (χ1) is 5.47. The Morgan fingerprint density at radius 3 is 2.50 bits per heavy atom. The van der Waals surface area contributed by atoms with Crippen LogP contribution in [0.15, 0.2) is 4.40 Å². The Kier molecular flexibility index (Phi) is 2.27. The molecule has 0 spiro atoms. The van der Waals surface area contributed by atoms with E-state index in [0.29, 0.717) is 0 Å². The van der Waals surface area contributed by atoms with Crippen LogP contribution in [0.4, 0.5) is 0 Å². The summed E-state index contributed by atoms with van der Waals surface area (Å²) in [5.41, 5.74) is 0. The van der Waals surface area contributed by atoms with Gasteiger partial charge in [0.2, 0.25) is 0 Å². The Bertz CT molecular complexity index is 295. The van der Waals surface area contributed by atoms with E-state index in [-0.39, 0.29) is 6.08 Å². The summed E-state index contributed by atoms with van der Waals surface area (Å²) in [7, 11) is -2.12. The highest BCUT2D eigenvalue weighted by Crippen LogP contribution is 2.17. The number of rotatable bonds is 0. The van der Waals surface area contributed by atoms with E-state index >= 15 is 0 Å². The van der Waals surface area contributed by atoms with Gasteiger partial charge in [0.25, 0.3) is 10.0 Å². The van der Waals surface area contributed by atoms with Crippen molar-refractivity contribution in [3.63, 3.8) is 0 Å². The molecular weight excluding hydrogens is 182 g/mol. The van der Waals surface area contributed by atoms with Crippen LogP contribution in [-0.2, 0) is 19.5 Å². The van der Waals surface area contributed by atoms with Gasteiger partial charge < -0.3 is 9.47 Å². The molecule has 70 valence electrons. The molecule has 0 aliphatic carbocycles. The summed E-state index contributed by atoms with van der Waals surface area (Å²) in [6.07, 6.45) is -0.594. The van der Waals surface area contributed by atoms with E-state index in [2.05, 4.69) is 9.13 Å². The van der Waals surface area contributed by atoms with Crippen molar-refractivity contribution in [1.82, 2.24) is 0 Å². The highest BCUT2D eigenvalue weighted by atomic mass is 32.2. The van der Waals surface area contributed by atoms with E-state index in [1.165, 1.54) is 7.11 Å². The second-order valence-corrected chi connectivity index (χ2v) is 4.56. The number of methoxy groups -OCH3 is 1. The molecule has 5 nitrogen and oxygen atoms in total. The molecule has 0 radical (unpaired) electrons. The van der Waals surface area contributed by atoms with Crippen LogP contribution in [-0.4, -0.2) is 33.0 Å². The molecule has 0 unspecified atom stereocenters. The van der Waals surface area contributed by atoms with E-state index in [0.717, 1.165) is 0 Å². The van der Waals surface area contributed by atoms with E-state index in [4.69, 9.17) is 4.74 Å². The first-order valence-electron chi connectivity index (χ1n) is 3.52. The second-order valence-electron chi connectivity index (χ2n) is 2.60. The normalized spacial score (nSPS) is 33.4. The van der Waals surface area contributed by atoms with Crippen molar-refractivity contribution in [3.05, 3.63) is 0 Å². The van der Waals surface area contributed by atoms with Gasteiger partial charge in [-0.15, -0.1) is 0 Å². The van der Waals surface area contributed by atoms with Crippen LogP contribution in [0, 0.1) is 0 Å². The number of nitrogens with zero attached hydrogens (tertiary/aromatic N) is 1. The van der Waals surface area contributed by atoms with Crippen molar-refractivity contribution in [3.8, 4) is 0 Å². The van der Waals surface area contributed by atoms with E-state index in [1.807, 2.05) is 0 Å². The van der Waals surface area contributed by atoms with Gasteiger partial charge in [-0.3, -0.25) is 0 Å². The fourth-order valence-electron chi connectivity index (χ4n) is 0.791. The maximum Gasteiger partial charge on any atom is 0.399 e. The molecule has 0 bridgehead atoms. The zero-order valence-corrected chi connectivity index (χ0v) is 7.96. The summed E-state index contributed by atoms with van der Waals surface area (Å²) >= 11 is 0. The average molecular weight is 193 g/mol. The van der Waals surface area contributed by atoms with Crippen LogP contribution in [0.2, 0.25) is 0 Å². The number of hydrogen-bond acceptors (Lipinski definition) is 4. The standard InChI is InChI=1S/C6H11NO4S/c1-4-5(2)12(8,9)7-6(10-3)11-4/h4-5H,1-3H3/t4-,5-/m1/s1. The Morgan fingerprint density at radius 2 is 2.08 bits per heavy atom. The fourth-order valence-corrected chi connectivity index (χ4v) is 1.82. The molecule has 12 heavy (non-hydrogen) atoms. The van der Waals surface area contributed by atoms with Crippen molar-refractivity contribution in [1.29, 1.82) is 0 Å². The molecule has 1 aliphatic heterocycles. The zero-order valence-electron chi connectivity index (χ0n) is 7.14. The Labute approximate surface area is 71.4 Å². The first-order valence-corrected chi connectivity index (χ1v) is 5.02. The lowest BCUT2D eigenvalue weighted by molar-refractivity contribution is 0.132. The lowest BCUT2D eigenvalue weighted by atomic mass is 10.3. The smallest absolute Gasteiger partial charge is 0.399 e. The van der Waals surface area contributed by atoms with Gasteiger partial charge in [-0.05, 0) is 13.8 Å². The molecule has 6 heteroatoms. The Morgan fingerprint density at radius 1 is 1.50 bits per heavy atom. The van der Waals surface area contributed by atoms with E-state index in [9.17, 15) is 8.42 Å². The summed E-state index contributed by atoms with van der Waals surface area (Å²) in [4.78, 5) is 0. The van der Waals surface area contributed by atoms with E-state index in [1.54, 1.807) is 13.8 Å². The molecule has 0 aromatic heterocycles. The molecule has 0 N–H and O–H groups in total. The minimum atomic E-state index is -3.43. The van der Waals surface area contributed by atoms with Crippen molar-refractivity contribution in [2.45, 2.75) is 25.2 Å². The molecule has 1 heterocycles. The Balaban J connectivity index is 3.04. The highest BCUT2D eigenvalue weighted by Gasteiger charge is 2.34. The number of sulfonamides is 1. The van der Waals surface area contributed by atoms with Crippen LogP contribution in [0.5, 0.6) is 0 Å². The summed E-state index contributed by atoms with van der Waals surface area (Å²) in [5, 5.41) is -0.614. The van der Waals surface area contributed by atoms with Gasteiger partial charge in [0.15, 0.2) is 0 Å². The monoisotopic (exact) mass is 193 g/mol. The summed E-state index contributed by atoms with van der Waals surface area (Å²) < 4.78 is 35.4. The van der Waals surface area contributed by atoms with Crippen molar-refractivity contribution < 1.29 is 17.9 Å². The maximum absolute atomic E-state index is 11.2. The summed E-state index contributed by atoms with van der Waals surface area (Å²) in [5.74, 6) is 0. The summed E-state index contributed by atoms with van der Waals surface area (Å²) in [6, 6.07) is 0. The molecule has 0 fully saturated rings. The van der Waals surface area contributed by atoms with Gasteiger partial charge in [0.1, 0.15) is 11.4 Å². The third-order valence-corrected chi connectivity index (χ3v) is 3.52. The minimum absolute atomic E-state index is 0.180. The average Bonchev–Trinajstić information content (AvgIpc) is 1.99. The van der Waals surface area contributed by atoms with Crippen molar-refractivity contribution in [2.75, 3.05) is 7.11 Å². The number of hydrogen-bond donors (Lipinski definition) is 0. The SMILES string of the molecule is COC1=NS(=O)(=O)[C@H](C)[C@@H](C)O1. The lowest BCUT2D eigenvalue weighted by Gasteiger charge is -2.23. The molecule has 2 atom stereocenters. The van der Waals surface area contributed by atoms with Crippen LogP contribution >= 0.6 is 0 Å². The molecular formula is C6H11NO4S. The van der Waals surface area contributed by atoms with Gasteiger partial charge in [0.05, 0.1) is 7.11 Å². The first kappa shape index (κ1) is 9.31. The van der Waals surface area contributed by atoms with Gasteiger partial charge in [-0.25, -0.2) is 8.42 Å².